The molecule has 0 aliphatic carbocycles. The Kier molecular flexibility index (Phi) is 7.71. The molecule has 0 radical (unpaired) electrons. The fraction of sp³-hybridized carbons (Fsp3) is 0.0625. The number of benzene rings is 5. The molecule has 0 heterocycles. The molecule has 0 spiro atoms. The van der Waals surface area contributed by atoms with Gasteiger partial charge in [0, 0.05) is 21.8 Å². The average molecular weight is 519 g/mol. The number of amides is 2. The Morgan fingerprint density at radius 3 is 2.05 bits per heavy atom. The van der Waals surface area contributed by atoms with E-state index < -0.39 is 5.25 Å². The molecule has 0 bridgehead atoms. The molecular weight excluding hydrogens is 492 g/mol. The number of methoxy groups -OCH3 is 1. The Hall–Kier alpha value is -4.55. The maximum Gasteiger partial charge on any atom is 0.255 e. The summed E-state index contributed by atoms with van der Waals surface area (Å²) in [6.45, 7) is 0. The third-order valence-corrected chi connectivity index (χ3v) is 7.34. The maximum absolute atomic E-state index is 13.5. The summed E-state index contributed by atoms with van der Waals surface area (Å²) in [6.07, 6.45) is 0. The smallest absolute Gasteiger partial charge is 0.255 e. The molecule has 0 saturated carbocycles. The summed E-state index contributed by atoms with van der Waals surface area (Å²) in [5.74, 6) is 0.388. The third kappa shape index (κ3) is 6.05. The van der Waals surface area contributed by atoms with Gasteiger partial charge in [-0.1, -0.05) is 60.7 Å². The first-order chi connectivity index (χ1) is 18.6. The van der Waals surface area contributed by atoms with Gasteiger partial charge in [-0.25, -0.2) is 0 Å². The number of carbonyl (C=O) groups is 2. The zero-order valence-corrected chi connectivity index (χ0v) is 21.6. The van der Waals surface area contributed by atoms with Crippen molar-refractivity contribution >= 4 is 45.7 Å². The lowest BCUT2D eigenvalue weighted by Gasteiger charge is -2.18. The number of ether oxygens (including phenoxy) is 1. The molecule has 0 saturated heterocycles. The largest absolute Gasteiger partial charge is 0.497 e. The second-order valence-corrected chi connectivity index (χ2v) is 9.85. The number of nitrogens with one attached hydrogen (secondary N) is 2. The normalized spacial score (nSPS) is 11.5. The van der Waals surface area contributed by atoms with Crippen LogP contribution in [-0.4, -0.2) is 18.9 Å². The molecule has 0 aromatic heterocycles. The first kappa shape index (κ1) is 25.1. The SMILES string of the molecule is COc1ccc(C(=O)Nc2ccc(SC(C(=O)Nc3ccc4ccccc4c3)c3ccccc3)cc2)cc1. The van der Waals surface area contributed by atoms with Crippen molar-refractivity contribution in [1.29, 1.82) is 0 Å². The number of thioether (sulfide) groups is 1. The van der Waals surface area contributed by atoms with Gasteiger partial charge in [-0.05, 0) is 77.0 Å². The number of hydrogen-bond acceptors (Lipinski definition) is 4. The van der Waals surface area contributed by atoms with Gasteiger partial charge < -0.3 is 15.4 Å². The van der Waals surface area contributed by atoms with Crippen molar-refractivity contribution in [2.45, 2.75) is 10.1 Å². The summed E-state index contributed by atoms with van der Waals surface area (Å²) in [6, 6.07) is 38.1. The predicted molar refractivity (Wildman–Crippen MR) is 155 cm³/mol. The van der Waals surface area contributed by atoms with Crippen LogP contribution in [0.2, 0.25) is 0 Å². The molecule has 2 amide bonds. The van der Waals surface area contributed by atoms with Crippen LogP contribution in [0.1, 0.15) is 21.2 Å². The van der Waals surface area contributed by atoms with Crippen molar-refractivity contribution in [1.82, 2.24) is 0 Å². The first-order valence-electron chi connectivity index (χ1n) is 12.2. The van der Waals surface area contributed by atoms with Crippen LogP contribution in [-0.2, 0) is 4.79 Å². The molecule has 5 nitrogen and oxygen atoms in total. The average Bonchev–Trinajstić information content (AvgIpc) is 2.97. The molecule has 5 rings (SSSR count). The van der Waals surface area contributed by atoms with Gasteiger partial charge in [-0.2, -0.15) is 0 Å². The summed E-state index contributed by atoms with van der Waals surface area (Å²) in [5.41, 5.74) is 2.88. The first-order valence-corrected chi connectivity index (χ1v) is 13.0. The van der Waals surface area contributed by atoms with Crippen molar-refractivity contribution < 1.29 is 14.3 Å². The minimum Gasteiger partial charge on any atom is -0.497 e. The summed E-state index contributed by atoms with van der Waals surface area (Å²) in [5, 5.41) is 7.74. The summed E-state index contributed by atoms with van der Waals surface area (Å²) in [4.78, 5) is 27.0. The maximum atomic E-state index is 13.5. The number of hydrogen-bond donors (Lipinski definition) is 2. The zero-order valence-electron chi connectivity index (χ0n) is 20.8. The van der Waals surface area contributed by atoms with Crippen LogP contribution in [0.3, 0.4) is 0 Å². The Morgan fingerprint density at radius 1 is 0.684 bits per heavy atom. The lowest BCUT2D eigenvalue weighted by Crippen LogP contribution is -2.19. The van der Waals surface area contributed by atoms with Gasteiger partial charge in [-0.15, -0.1) is 11.8 Å². The highest BCUT2D eigenvalue weighted by molar-refractivity contribution is 8.00. The van der Waals surface area contributed by atoms with Gasteiger partial charge in [-0.3, -0.25) is 9.59 Å². The summed E-state index contributed by atoms with van der Waals surface area (Å²) >= 11 is 1.46. The molecule has 0 fully saturated rings. The van der Waals surface area contributed by atoms with Crippen molar-refractivity contribution in [3.63, 3.8) is 0 Å². The van der Waals surface area contributed by atoms with Gasteiger partial charge in [0.1, 0.15) is 11.0 Å². The van der Waals surface area contributed by atoms with Crippen LogP contribution >= 0.6 is 11.8 Å². The second-order valence-electron chi connectivity index (χ2n) is 8.67. The standard InChI is InChI=1S/C32H26N2O3S/c1-37-28-17-12-24(13-18-28)31(35)33-26-15-19-29(20-16-26)38-30(23-8-3-2-4-9-23)32(36)34-27-14-11-22-7-5-6-10-25(22)21-27/h2-21,30H,1H3,(H,33,35)(H,34,36). The number of fused-ring (bicyclic) bond motifs is 1. The lowest BCUT2D eigenvalue weighted by molar-refractivity contribution is -0.115. The molecule has 38 heavy (non-hydrogen) atoms. The highest BCUT2D eigenvalue weighted by Crippen LogP contribution is 2.37. The van der Waals surface area contributed by atoms with Gasteiger partial charge >= 0.3 is 0 Å². The molecule has 2 N–H and O–H groups in total. The van der Waals surface area contributed by atoms with E-state index in [0.717, 1.165) is 26.9 Å². The van der Waals surface area contributed by atoms with Crippen molar-refractivity contribution in [3.8, 4) is 5.75 Å². The van der Waals surface area contributed by atoms with E-state index >= 15 is 0 Å². The number of carbonyl (C=O) groups excluding carboxylic acids is 2. The van der Waals surface area contributed by atoms with Crippen molar-refractivity contribution in [2.24, 2.45) is 0 Å². The van der Waals surface area contributed by atoms with Gasteiger partial charge in [0.25, 0.3) is 5.91 Å². The van der Waals surface area contributed by atoms with E-state index in [4.69, 9.17) is 4.74 Å². The Labute approximate surface area is 225 Å². The monoisotopic (exact) mass is 518 g/mol. The lowest BCUT2D eigenvalue weighted by atomic mass is 10.1. The molecular formula is C32H26N2O3S. The fourth-order valence-corrected chi connectivity index (χ4v) is 5.10. The van der Waals surface area contributed by atoms with E-state index in [-0.39, 0.29) is 11.8 Å². The second kappa shape index (κ2) is 11.7. The topological polar surface area (TPSA) is 67.4 Å². The Balaban J connectivity index is 1.30. The minimum atomic E-state index is -0.456. The van der Waals surface area contributed by atoms with Gasteiger partial charge in [0.15, 0.2) is 0 Å². The highest BCUT2D eigenvalue weighted by Gasteiger charge is 2.22. The molecule has 5 aromatic carbocycles. The van der Waals surface area contributed by atoms with E-state index in [1.807, 2.05) is 97.1 Å². The van der Waals surface area contributed by atoms with E-state index in [0.29, 0.717) is 17.0 Å². The molecule has 5 aromatic rings. The molecule has 6 heteroatoms. The molecule has 1 atom stereocenters. The van der Waals surface area contributed by atoms with Crippen LogP contribution in [0.5, 0.6) is 5.75 Å². The van der Waals surface area contributed by atoms with Gasteiger partial charge in [0.05, 0.1) is 7.11 Å². The fourth-order valence-electron chi connectivity index (χ4n) is 4.07. The summed E-state index contributed by atoms with van der Waals surface area (Å²) in [7, 11) is 1.59. The van der Waals surface area contributed by atoms with E-state index in [1.54, 1.807) is 31.4 Å². The Bertz CT molecular complexity index is 1550. The quantitative estimate of drug-likeness (QED) is 0.208. The van der Waals surface area contributed by atoms with Crippen LogP contribution in [0, 0.1) is 0 Å². The highest BCUT2D eigenvalue weighted by atomic mass is 32.2. The van der Waals surface area contributed by atoms with Crippen LogP contribution in [0.25, 0.3) is 10.8 Å². The minimum absolute atomic E-state index is 0.103. The molecule has 0 aliphatic rings. The van der Waals surface area contributed by atoms with Crippen LogP contribution < -0.4 is 15.4 Å². The molecule has 188 valence electrons. The van der Waals surface area contributed by atoms with E-state index in [9.17, 15) is 9.59 Å². The Morgan fingerprint density at radius 2 is 1.34 bits per heavy atom. The van der Waals surface area contributed by atoms with Crippen molar-refractivity contribution in [3.05, 3.63) is 132 Å². The van der Waals surface area contributed by atoms with Crippen LogP contribution in [0.15, 0.2) is 126 Å². The molecule has 0 aliphatic heterocycles. The van der Waals surface area contributed by atoms with E-state index in [2.05, 4.69) is 10.6 Å². The predicted octanol–water partition coefficient (Wildman–Crippen LogP) is 7.57. The number of rotatable bonds is 8. The van der Waals surface area contributed by atoms with Gasteiger partial charge in [0.2, 0.25) is 5.91 Å². The van der Waals surface area contributed by atoms with Crippen LogP contribution in [0.4, 0.5) is 11.4 Å². The van der Waals surface area contributed by atoms with Crippen molar-refractivity contribution in [2.75, 3.05) is 17.7 Å². The molecule has 1 unspecified atom stereocenters. The summed E-state index contributed by atoms with van der Waals surface area (Å²) < 4.78 is 5.15. The van der Waals surface area contributed by atoms with E-state index in [1.165, 1.54) is 11.8 Å². The third-order valence-electron chi connectivity index (χ3n) is 6.08. The zero-order chi connectivity index (χ0) is 26.3. The number of anilines is 2.